The van der Waals surface area contributed by atoms with Crippen LogP contribution in [0.5, 0.6) is 5.88 Å². The van der Waals surface area contributed by atoms with E-state index in [2.05, 4.69) is 15.3 Å². The van der Waals surface area contributed by atoms with Crippen molar-refractivity contribution in [3.05, 3.63) is 42.7 Å². The van der Waals surface area contributed by atoms with Gasteiger partial charge in [0.25, 0.3) is 0 Å². The van der Waals surface area contributed by atoms with Crippen molar-refractivity contribution in [3.63, 3.8) is 0 Å². The first-order valence-electron chi connectivity index (χ1n) is 6.17. The van der Waals surface area contributed by atoms with Gasteiger partial charge < -0.3 is 10.1 Å². The van der Waals surface area contributed by atoms with E-state index in [1.54, 1.807) is 6.20 Å². The Labute approximate surface area is 106 Å². The first-order valence-corrected chi connectivity index (χ1v) is 6.17. The summed E-state index contributed by atoms with van der Waals surface area (Å²) in [6.45, 7) is 1.92. The lowest BCUT2D eigenvalue weighted by Gasteiger charge is -2.12. The molecule has 1 N–H and O–H groups in total. The normalized spacial score (nSPS) is 18.8. The highest BCUT2D eigenvalue weighted by atomic mass is 16.5. The van der Waals surface area contributed by atoms with Gasteiger partial charge in [-0.3, -0.25) is 4.98 Å². The van der Waals surface area contributed by atoms with E-state index in [1.165, 1.54) is 0 Å². The molecule has 0 radical (unpaired) electrons. The molecule has 0 amide bonds. The van der Waals surface area contributed by atoms with Crippen LogP contribution in [0.15, 0.2) is 42.7 Å². The molecule has 1 atom stereocenters. The van der Waals surface area contributed by atoms with Gasteiger partial charge in [0.05, 0.1) is 5.69 Å². The van der Waals surface area contributed by atoms with Crippen molar-refractivity contribution in [2.24, 2.45) is 0 Å². The summed E-state index contributed by atoms with van der Waals surface area (Å²) in [5, 5.41) is 3.28. The molecule has 4 heteroatoms. The van der Waals surface area contributed by atoms with Gasteiger partial charge in [-0.15, -0.1) is 0 Å². The van der Waals surface area contributed by atoms with Crippen LogP contribution in [0.1, 0.15) is 6.42 Å². The Bertz CT molecular complexity index is 509. The quantitative estimate of drug-likeness (QED) is 0.891. The molecule has 0 bridgehead atoms. The fourth-order valence-electron chi connectivity index (χ4n) is 2.06. The van der Waals surface area contributed by atoms with Crippen LogP contribution in [0.4, 0.5) is 0 Å². The summed E-state index contributed by atoms with van der Waals surface area (Å²) < 4.78 is 5.84. The zero-order valence-corrected chi connectivity index (χ0v) is 10.0. The van der Waals surface area contributed by atoms with Crippen molar-refractivity contribution in [1.82, 2.24) is 15.3 Å². The average Bonchev–Trinajstić information content (AvgIpc) is 2.93. The lowest BCUT2D eigenvalue weighted by molar-refractivity contribution is 0.214. The second kappa shape index (κ2) is 5.14. The highest BCUT2D eigenvalue weighted by Crippen LogP contribution is 2.19. The third-order valence-electron chi connectivity index (χ3n) is 2.98. The third-order valence-corrected chi connectivity index (χ3v) is 2.98. The fourth-order valence-corrected chi connectivity index (χ4v) is 2.06. The molecule has 1 unspecified atom stereocenters. The summed E-state index contributed by atoms with van der Waals surface area (Å²) in [5.74, 6) is 0.685. The minimum atomic E-state index is 0.238. The van der Waals surface area contributed by atoms with Gasteiger partial charge in [0.15, 0.2) is 0 Å². The van der Waals surface area contributed by atoms with E-state index in [4.69, 9.17) is 4.74 Å². The summed E-state index contributed by atoms with van der Waals surface area (Å²) >= 11 is 0. The highest BCUT2D eigenvalue weighted by Gasteiger charge is 2.16. The second-order valence-corrected chi connectivity index (χ2v) is 4.34. The van der Waals surface area contributed by atoms with Crippen LogP contribution in [0.2, 0.25) is 0 Å². The molecule has 0 saturated carbocycles. The standard InChI is InChI=1S/C14H15N3O/c1-4-13(11-3-2-7-15-9-11)17-14(5-1)18-12-6-8-16-10-12/h1-5,7,9,12,16H,6,8,10H2. The van der Waals surface area contributed by atoms with Gasteiger partial charge in [0.1, 0.15) is 6.10 Å². The number of nitrogens with zero attached hydrogens (tertiary/aromatic N) is 2. The van der Waals surface area contributed by atoms with Gasteiger partial charge in [0, 0.05) is 30.6 Å². The molecular formula is C14H15N3O. The number of hydrogen-bond acceptors (Lipinski definition) is 4. The van der Waals surface area contributed by atoms with E-state index in [0.29, 0.717) is 5.88 Å². The van der Waals surface area contributed by atoms with Gasteiger partial charge in [-0.2, -0.15) is 0 Å². The monoisotopic (exact) mass is 241 g/mol. The van der Waals surface area contributed by atoms with Crippen LogP contribution in [0.25, 0.3) is 11.3 Å². The summed E-state index contributed by atoms with van der Waals surface area (Å²) in [6, 6.07) is 9.74. The molecule has 1 aliphatic heterocycles. The SMILES string of the molecule is c1cncc(-c2cccc(OC3CCNC3)n2)c1. The van der Waals surface area contributed by atoms with Gasteiger partial charge >= 0.3 is 0 Å². The molecule has 0 aromatic carbocycles. The van der Waals surface area contributed by atoms with Gasteiger partial charge in [-0.25, -0.2) is 4.98 Å². The number of pyridine rings is 2. The van der Waals surface area contributed by atoms with Crippen molar-refractivity contribution >= 4 is 0 Å². The van der Waals surface area contributed by atoms with E-state index in [0.717, 1.165) is 30.8 Å². The van der Waals surface area contributed by atoms with Crippen LogP contribution in [-0.4, -0.2) is 29.2 Å². The number of hydrogen-bond donors (Lipinski definition) is 1. The molecule has 4 nitrogen and oxygen atoms in total. The Balaban J connectivity index is 1.80. The van der Waals surface area contributed by atoms with Crippen molar-refractivity contribution in [2.45, 2.75) is 12.5 Å². The summed E-state index contributed by atoms with van der Waals surface area (Å²) in [5.41, 5.74) is 1.90. The maximum atomic E-state index is 5.84. The fraction of sp³-hybridized carbons (Fsp3) is 0.286. The van der Waals surface area contributed by atoms with E-state index in [-0.39, 0.29) is 6.10 Å². The molecule has 1 aliphatic rings. The number of rotatable bonds is 3. The van der Waals surface area contributed by atoms with Crippen LogP contribution in [-0.2, 0) is 0 Å². The Hall–Kier alpha value is -1.94. The summed E-state index contributed by atoms with van der Waals surface area (Å²) in [7, 11) is 0. The molecule has 92 valence electrons. The van der Waals surface area contributed by atoms with Gasteiger partial charge in [-0.1, -0.05) is 6.07 Å². The minimum absolute atomic E-state index is 0.238. The number of ether oxygens (including phenoxy) is 1. The summed E-state index contributed by atoms with van der Waals surface area (Å²) in [6.07, 6.45) is 4.84. The van der Waals surface area contributed by atoms with Crippen molar-refractivity contribution < 1.29 is 4.74 Å². The minimum Gasteiger partial charge on any atom is -0.473 e. The predicted molar refractivity (Wildman–Crippen MR) is 69.4 cm³/mol. The average molecular weight is 241 g/mol. The van der Waals surface area contributed by atoms with Crippen molar-refractivity contribution in [2.75, 3.05) is 13.1 Å². The summed E-state index contributed by atoms with van der Waals surface area (Å²) in [4.78, 5) is 8.62. The zero-order valence-electron chi connectivity index (χ0n) is 10.0. The first kappa shape index (κ1) is 11.2. The number of aromatic nitrogens is 2. The van der Waals surface area contributed by atoms with Crippen LogP contribution in [0.3, 0.4) is 0 Å². The molecule has 1 fully saturated rings. The Morgan fingerprint density at radius 3 is 3.00 bits per heavy atom. The van der Waals surface area contributed by atoms with Gasteiger partial charge in [-0.05, 0) is 31.2 Å². The lowest BCUT2D eigenvalue weighted by atomic mass is 10.2. The first-order chi connectivity index (χ1) is 8.92. The molecule has 1 saturated heterocycles. The third kappa shape index (κ3) is 2.49. The molecule has 3 rings (SSSR count). The van der Waals surface area contributed by atoms with E-state index in [9.17, 15) is 0 Å². The molecular weight excluding hydrogens is 226 g/mol. The molecule has 2 aromatic heterocycles. The lowest BCUT2D eigenvalue weighted by Crippen LogP contribution is -2.20. The second-order valence-electron chi connectivity index (χ2n) is 4.34. The highest BCUT2D eigenvalue weighted by molar-refractivity contribution is 5.57. The molecule has 0 spiro atoms. The van der Waals surface area contributed by atoms with Crippen LogP contribution < -0.4 is 10.1 Å². The molecule has 18 heavy (non-hydrogen) atoms. The van der Waals surface area contributed by atoms with E-state index in [1.807, 2.05) is 36.5 Å². The largest absolute Gasteiger partial charge is 0.473 e. The van der Waals surface area contributed by atoms with Crippen LogP contribution in [0, 0.1) is 0 Å². The van der Waals surface area contributed by atoms with Crippen LogP contribution >= 0.6 is 0 Å². The maximum Gasteiger partial charge on any atom is 0.214 e. The number of nitrogens with one attached hydrogen (secondary N) is 1. The van der Waals surface area contributed by atoms with Gasteiger partial charge in [0.2, 0.25) is 5.88 Å². The van der Waals surface area contributed by atoms with E-state index < -0.39 is 0 Å². The van der Waals surface area contributed by atoms with E-state index >= 15 is 0 Å². The Morgan fingerprint density at radius 2 is 2.22 bits per heavy atom. The Kier molecular flexibility index (Phi) is 3.19. The Morgan fingerprint density at radius 1 is 1.22 bits per heavy atom. The molecule has 2 aromatic rings. The molecule has 0 aliphatic carbocycles. The zero-order chi connectivity index (χ0) is 12.2. The maximum absolute atomic E-state index is 5.84. The predicted octanol–water partition coefficient (Wildman–Crippen LogP) is 1.88. The molecule has 3 heterocycles. The van der Waals surface area contributed by atoms with Crippen molar-refractivity contribution in [1.29, 1.82) is 0 Å². The topological polar surface area (TPSA) is 47.0 Å². The smallest absolute Gasteiger partial charge is 0.214 e. The van der Waals surface area contributed by atoms with Crippen molar-refractivity contribution in [3.8, 4) is 17.1 Å².